The van der Waals surface area contributed by atoms with Gasteiger partial charge in [0.05, 0.1) is 6.54 Å². The highest BCUT2D eigenvalue weighted by molar-refractivity contribution is 5.96. The van der Waals surface area contributed by atoms with Crippen molar-refractivity contribution in [3.63, 3.8) is 0 Å². The highest BCUT2D eigenvalue weighted by Gasteiger charge is 2.22. The van der Waals surface area contributed by atoms with Crippen LogP contribution in [0.2, 0.25) is 0 Å². The number of hydrogen-bond acceptors (Lipinski definition) is 3. The van der Waals surface area contributed by atoms with Gasteiger partial charge < -0.3 is 19.7 Å². The van der Waals surface area contributed by atoms with Gasteiger partial charge in [-0.2, -0.15) is 0 Å². The molecule has 31 heavy (non-hydrogen) atoms. The third-order valence-electron chi connectivity index (χ3n) is 5.05. The number of carboxylic acid groups (broad SMARTS) is 1. The zero-order chi connectivity index (χ0) is 21.6. The lowest BCUT2D eigenvalue weighted by Crippen LogP contribution is -2.33. The summed E-state index contributed by atoms with van der Waals surface area (Å²) < 4.78 is 7.95. The van der Waals surface area contributed by atoms with Gasteiger partial charge in [-0.25, -0.2) is 4.79 Å². The summed E-state index contributed by atoms with van der Waals surface area (Å²) >= 11 is 0. The standard InChI is InChI=1S/C25H22N2O4/c28-24(20-7-2-1-3-8-20)26-23(25(29)30)19-10-12-21(13-11-19)31-17-16-27-15-14-18-6-4-5-9-22(18)27/h1-15,23H,16-17H2,(H,26,28)(H,29,30). The zero-order valence-electron chi connectivity index (χ0n) is 16.8. The molecule has 4 aromatic rings. The maximum atomic E-state index is 12.3. The molecule has 1 heterocycles. The number of carbonyl (C=O) groups is 2. The first kappa shape index (κ1) is 20.2. The number of aromatic nitrogens is 1. The number of hydrogen-bond donors (Lipinski definition) is 2. The fourth-order valence-electron chi connectivity index (χ4n) is 3.45. The lowest BCUT2D eigenvalue weighted by atomic mass is 10.1. The van der Waals surface area contributed by atoms with Crippen LogP contribution in [0.25, 0.3) is 10.9 Å². The van der Waals surface area contributed by atoms with Gasteiger partial charge in [0.1, 0.15) is 12.4 Å². The topological polar surface area (TPSA) is 80.6 Å². The molecule has 0 aliphatic carbocycles. The van der Waals surface area contributed by atoms with E-state index < -0.39 is 17.9 Å². The number of ether oxygens (including phenoxy) is 1. The van der Waals surface area contributed by atoms with E-state index in [-0.39, 0.29) is 0 Å². The van der Waals surface area contributed by atoms with Crippen molar-refractivity contribution in [2.75, 3.05) is 6.61 Å². The van der Waals surface area contributed by atoms with Gasteiger partial charge in [0.25, 0.3) is 5.91 Å². The van der Waals surface area contributed by atoms with Crippen molar-refractivity contribution in [3.05, 3.63) is 102 Å². The minimum atomic E-state index is -1.15. The number of amides is 1. The summed E-state index contributed by atoms with van der Waals surface area (Å²) in [4.78, 5) is 24.1. The maximum absolute atomic E-state index is 12.3. The van der Waals surface area contributed by atoms with Gasteiger partial charge in [-0.1, -0.05) is 48.5 Å². The van der Waals surface area contributed by atoms with Crippen molar-refractivity contribution in [3.8, 4) is 5.75 Å². The maximum Gasteiger partial charge on any atom is 0.330 e. The summed E-state index contributed by atoms with van der Waals surface area (Å²) in [5.74, 6) is -0.927. The number of carbonyl (C=O) groups excluding carboxylic acids is 1. The first-order valence-electron chi connectivity index (χ1n) is 9.97. The van der Waals surface area contributed by atoms with Crippen LogP contribution in [0.15, 0.2) is 91.1 Å². The zero-order valence-corrected chi connectivity index (χ0v) is 16.8. The molecule has 0 saturated heterocycles. The average molecular weight is 414 g/mol. The Morgan fingerprint density at radius 3 is 2.35 bits per heavy atom. The van der Waals surface area contributed by atoms with E-state index in [0.717, 1.165) is 5.52 Å². The Bertz CT molecular complexity index is 1180. The second kappa shape index (κ2) is 9.17. The summed E-state index contributed by atoms with van der Waals surface area (Å²) in [7, 11) is 0. The Morgan fingerprint density at radius 2 is 1.61 bits per heavy atom. The predicted molar refractivity (Wildman–Crippen MR) is 118 cm³/mol. The number of nitrogens with one attached hydrogen (secondary N) is 1. The number of benzene rings is 3. The van der Waals surface area contributed by atoms with E-state index in [1.807, 2.05) is 18.3 Å². The molecule has 0 aliphatic heterocycles. The molecule has 1 atom stereocenters. The first-order valence-corrected chi connectivity index (χ1v) is 9.97. The molecule has 2 N–H and O–H groups in total. The molecule has 1 aromatic heterocycles. The van der Waals surface area contributed by atoms with Crippen LogP contribution in [0.1, 0.15) is 22.0 Å². The molecule has 0 aliphatic rings. The van der Waals surface area contributed by atoms with Gasteiger partial charge >= 0.3 is 5.97 Å². The van der Waals surface area contributed by atoms with Crippen molar-refractivity contribution < 1.29 is 19.4 Å². The molecule has 6 heteroatoms. The Hall–Kier alpha value is -4.06. The third-order valence-corrected chi connectivity index (χ3v) is 5.05. The van der Waals surface area contributed by atoms with E-state index in [4.69, 9.17) is 4.74 Å². The minimum absolute atomic E-state index is 0.409. The van der Waals surface area contributed by atoms with Crippen molar-refractivity contribution in [1.29, 1.82) is 0 Å². The third kappa shape index (κ3) is 4.75. The molecule has 1 amide bonds. The average Bonchev–Trinajstić information content (AvgIpc) is 3.21. The van der Waals surface area contributed by atoms with Crippen LogP contribution in [0, 0.1) is 0 Å². The van der Waals surface area contributed by atoms with Crippen LogP contribution in [0.5, 0.6) is 5.75 Å². The molecule has 0 spiro atoms. The molecule has 0 fully saturated rings. The van der Waals surface area contributed by atoms with E-state index in [9.17, 15) is 14.7 Å². The van der Waals surface area contributed by atoms with Gasteiger partial charge in [-0.3, -0.25) is 4.79 Å². The second-order valence-corrected chi connectivity index (χ2v) is 7.10. The largest absolute Gasteiger partial charge is 0.492 e. The van der Waals surface area contributed by atoms with Crippen LogP contribution < -0.4 is 10.1 Å². The number of rotatable bonds is 8. The van der Waals surface area contributed by atoms with Crippen molar-refractivity contribution in [2.24, 2.45) is 0 Å². The number of para-hydroxylation sites is 1. The molecule has 3 aromatic carbocycles. The van der Waals surface area contributed by atoms with Crippen molar-refractivity contribution >= 4 is 22.8 Å². The first-order chi connectivity index (χ1) is 15.1. The number of carboxylic acids is 1. The van der Waals surface area contributed by atoms with Crippen molar-refractivity contribution in [1.82, 2.24) is 9.88 Å². The van der Waals surface area contributed by atoms with Crippen LogP contribution in [0.3, 0.4) is 0 Å². The lowest BCUT2D eigenvalue weighted by molar-refractivity contribution is -0.139. The molecular formula is C25H22N2O4. The van der Waals surface area contributed by atoms with E-state index in [2.05, 4.69) is 28.1 Å². The number of fused-ring (bicyclic) bond motifs is 1. The van der Waals surface area contributed by atoms with Gasteiger partial charge in [-0.15, -0.1) is 0 Å². The van der Waals surface area contributed by atoms with Crippen LogP contribution in [-0.2, 0) is 11.3 Å². The second-order valence-electron chi connectivity index (χ2n) is 7.10. The number of nitrogens with zero attached hydrogens (tertiary/aromatic N) is 1. The minimum Gasteiger partial charge on any atom is -0.492 e. The van der Waals surface area contributed by atoms with E-state index in [1.54, 1.807) is 54.6 Å². The van der Waals surface area contributed by atoms with Gasteiger partial charge in [0.2, 0.25) is 0 Å². The molecule has 4 rings (SSSR count). The molecule has 0 radical (unpaired) electrons. The van der Waals surface area contributed by atoms with Crippen LogP contribution in [0.4, 0.5) is 0 Å². The molecule has 6 nitrogen and oxygen atoms in total. The van der Waals surface area contributed by atoms with Crippen LogP contribution >= 0.6 is 0 Å². The molecule has 0 bridgehead atoms. The summed E-state index contributed by atoms with van der Waals surface area (Å²) in [5, 5.41) is 13.3. The van der Waals surface area contributed by atoms with E-state index in [1.165, 1.54) is 5.39 Å². The Labute approximate surface area is 179 Å². The van der Waals surface area contributed by atoms with E-state index in [0.29, 0.717) is 30.0 Å². The Morgan fingerprint density at radius 1 is 0.903 bits per heavy atom. The van der Waals surface area contributed by atoms with Crippen molar-refractivity contribution in [2.45, 2.75) is 12.6 Å². The summed E-state index contributed by atoms with van der Waals surface area (Å²) in [5.41, 5.74) is 2.03. The molecule has 156 valence electrons. The predicted octanol–water partition coefficient (Wildman–Crippen LogP) is 4.28. The molecule has 1 unspecified atom stereocenters. The normalized spacial score (nSPS) is 11.7. The fraction of sp³-hybridized carbons (Fsp3) is 0.120. The van der Waals surface area contributed by atoms with Gasteiger partial charge in [0, 0.05) is 17.3 Å². The fourth-order valence-corrected chi connectivity index (χ4v) is 3.45. The smallest absolute Gasteiger partial charge is 0.330 e. The molecule has 0 saturated carbocycles. The number of aliphatic carboxylic acids is 1. The highest BCUT2D eigenvalue weighted by Crippen LogP contribution is 2.20. The Balaban J connectivity index is 1.37. The Kier molecular flexibility index (Phi) is 5.98. The quantitative estimate of drug-likeness (QED) is 0.451. The van der Waals surface area contributed by atoms with Gasteiger partial charge in [-0.05, 0) is 47.3 Å². The van der Waals surface area contributed by atoms with E-state index >= 15 is 0 Å². The van der Waals surface area contributed by atoms with Crippen LogP contribution in [-0.4, -0.2) is 28.2 Å². The summed E-state index contributed by atoms with van der Waals surface area (Å²) in [6, 6.07) is 24.4. The SMILES string of the molecule is O=C(NC(C(=O)O)c1ccc(OCCn2ccc3ccccc32)cc1)c1ccccc1. The monoisotopic (exact) mass is 414 g/mol. The summed E-state index contributed by atoms with van der Waals surface area (Å²) in [6.45, 7) is 1.17. The summed E-state index contributed by atoms with van der Waals surface area (Å²) in [6.07, 6.45) is 2.03. The van der Waals surface area contributed by atoms with Gasteiger partial charge in [0.15, 0.2) is 6.04 Å². The highest BCUT2D eigenvalue weighted by atomic mass is 16.5. The lowest BCUT2D eigenvalue weighted by Gasteiger charge is -2.16. The molecular weight excluding hydrogens is 392 g/mol.